The molecule has 2 aromatic heterocycles. The number of carbonyl (C=O) groups is 1. The monoisotopic (exact) mass is 486 g/mol. The molecule has 7 heteroatoms. The molecule has 2 heterocycles. The van der Waals surface area contributed by atoms with Crippen molar-refractivity contribution < 1.29 is 9.90 Å². The molecule has 0 radical (unpaired) electrons. The van der Waals surface area contributed by atoms with E-state index in [4.69, 9.17) is 11.6 Å². The molecule has 0 unspecified atom stereocenters. The van der Waals surface area contributed by atoms with E-state index in [0.29, 0.717) is 18.7 Å². The zero-order valence-electron chi connectivity index (χ0n) is 19.4. The van der Waals surface area contributed by atoms with Crippen molar-refractivity contribution in [1.82, 2.24) is 20.1 Å². The van der Waals surface area contributed by atoms with Crippen LogP contribution in [0.25, 0.3) is 22.4 Å². The summed E-state index contributed by atoms with van der Waals surface area (Å²) in [6.45, 7) is 2.21. The first kappa shape index (κ1) is 23.3. The van der Waals surface area contributed by atoms with Crippen molar-refractivity contribution in [3.05, 3.63) is 94.4 Å². The number of benzene rings is 2. The topological polar surface area (TPSA) is 80.0 Å². The van der Waals surface area contributed by atoms with Crippen LogP contribution in [0.5, 0.6) is 0 Å². The van der Waals surface area contributed by atoms with Gasteiger partial charge in [-0.1, -0.05) is 54.1 Å². The smallest absolute Gasteiger partial charge is 0.354 e. The first-order chi connectivity index (χ1) is 17.1. The molecule has 4 aromatic rings. The lowest BCUT2D eigenvalue weighted by Gasteiger charge is -2.14. The largest absolute Gasteiger partial charge is 0.477 e. The molecule has 0 atom stereocenters. The Balaban J connectivity index is 1.14. The van der Waals surface area contributed by atoms with Crippen molar-refractivity contribution in [1.29, 1.82) is 0 Å². The van der Waals surface area contributed by atoms with Gasteiger partial charge in [-0.3, -0.25) is 9.67 Å². The zero-order valence-corrected chi connectivity index (χ0v) is 20.1. The number of hydrogen-bond acceptors (Lipinski definition) is 4. The summed E-state index contributed by atoms with van der Waals surface area (Å²) in [6, 6.07) is 18.3. The predicted octanol–water partition coefficient (Wildman–Crippen LogP) is 5.28. The van der Waals surface area contributed by atoms with Crippen LogP contribution in [0, 0.1) is 0 Å². The number of carboxylic acid groups (broad SMARTS) is 1. The molecular formula is C28H27ClN4O2. The number of nitrogens with zero attached hydrogens (tertiary/aromatic N) is 3. The van der Waals surface area contributed by atoms with Crippen LogP contribution in [0.1, 0.15) is 33.6 Å². The van der Waals surface area contributed by atoms with Gasteiger partial charge in [0.05, 0.1) is 5.69 Å². The molecule has 5 rings (SSSR count). The summed E-state index contributed by atoms with van der Waals surface area (Å²) in [5.41, 5.74) is 7.49. The van der Waals surface area contributed by atoms with Crippen LogP contribution < -0.4 is 5.32 Å². The lowest BCUT2D eigenvalue weighted by molar-refractivity contribution is 0.0681. The van der Waals surface area contributed by atoms with Crippen LogP contribution in [0.2, 0.25) is 5.02 Å². The van der Waals surface area contributed by atoms with Gasteiger partial charge < -0.3 is 10.4 Å². The van der Waals surface area contributed by atoms with Gasteiger partial charge in [-0.25, -0.2) is 4.79 Å². The Labute approximate surface area is 209 Å². The molecule has 0 bridgehead atoms. The van der Waals surface area contributed by atoms with Crippen molar-refractivity contribution in [3.63, 3.8) is 0 Å². The lowest BCUT2D eigenvalue weighted by Crippen LogP contribution is -2.21. The van der Waals surface area contributed by atoms with E-state index in [2.05, 4.69) is 39.7 Å². The van der Waals surface area contributed by atoms with Crippen LogP contribution in [-0.2, 0) is 25.8 Å². The Morgan fingerprint density at radius 3 is 2.66 bits per heavy atom. The summed E-state index contributed by atoms with van der Waals surface area (Å²) in [5.74, 6) is -0.913. The van der Waals surface area contributed by atoms with Crippen LogP contribution in [-0.4, -0.2) is 38.9 Å². The van der Waals surface area contributed by atoms with E-state index in [9.17, 15) is 9.90 Å². The molecule has 0 aliphatic heterocycles. The summed E-state index contributed by atoms with van der Waals surface area (Å²) in [6.07, 6.45) is 6.79. The van der Waals surface area contributed by atoms with Crippen molar-refractivity contribution in [3.8, 4) is 22.4 Å². The predicted molar refractivity (Wildman–Crippen MR) is 138 cm³/mol. The van der Waals surface area contributed by atoms with Gasteiger partial charge in [0, 0.05) is 40.7 Å². The summed E-state index contributed by atoms with van der Waals surface area (Å²) in [4.78, 5) is 16.2. The Morgan fingerprint density at radius 2 is 1.86 bits per heavy atom. The summed E-state index contributed by atoms with van der Waals surface area (Å²) in [5, 5.41) is 18.7. The van der Waals surface area contributed by atoms with E-state index in [0.717, 1.165) is 70.9 Å². The molecule has 1 aliphatic rings. The summed E-state index contributed by atoms with van der Waals surface area (Å²) < 4.78 is 1.66. The van der Waals surface area contributed by atoms with Crippen LogP contribution in [0.15, 0.2) is 67.0 Å². The highest BCUT2D eigenvalue weighted by Crippen LogP contribution is 2.34. The highest BCUT2D eigenvalue weighted by molar-refractivity contribution is 6.33. The number of fused-ring (bicyclic) bond motifs is 3. The van der Waals surface area contributed by atoms with E-state index in [-0.39, 0.29) is 0 Å². The van der Waals surface area contributed by atoms with E-state index < -0.39 is 5.97 Å². The molecule has 0 spiro atoms. The molecule has 6 nitrogen and oxygen atoms in total. The highest BCUT2D eigenvalue weighted by atomic mass is 35.5. The van der Waals surface area contributed by atoms with Crippen LogP contribution in [0.3, 0.4) is 0 Å². The van der Waals surface area contributed by atoms with Gasteiger partial charge in [-0.2, -0.15) is 5.10 Å². The van der Waals surface area contributed by atoms with Crippen molar-refractivity contribution in [2.45, 2.75) is 32.2 Å². The molecule has 0 amide bonds. The molecule has 178 valence electrons. The number of halogens is 1. The maximum absolute atomic E-state index is 12.0. The van der Waals surface area contributed by atoms with E-state index >= 15 is 0 Å². The fraction of sp³-hybridized carbons (Fsp3) is 0.250. The normalized spacial score (nSPS) is 12.3. The maximum atomic E-state index is 12.0. The summed E-state index contributed by atoms with van der Waals surface area (Å²) >= 11 is 6.30. The maximum Gasteiger partial charge on any atom is 0.354 e. The van der Waals surface area contributed by atoms with E-state index in [1.807, 2.05) is 36.5 Å². The number of aromatic carboxylic acids is 1. The number of nitrogens with one attached hydrogen (secondary N) is 1. The van der Waals surface area contributed by atoms with E-state index in [1.54, 1.807) is 10.9 Å². The number of rotatable bonds is 9. The Bertz CT molecular complexity index is 1350. The SMILES string of the molecule is O=C(O)c1c2c(nn1CCCNCCc1ccc(-c3ccccc3Cl)cc1)-c1ccncc1CC2. The minimum Gasteiger partial charge on any atom is -0.477 e. The van der Waals surface area contributed by atoms with Gasteiger partial charge in [0.15, 0.2) is 0 Å². The molecule has 0 fully saturated rings. The standard InChI is InChI=1S/C28H27ClN4O2/c29-25-5-2-1-4-22(25)20-8-6-19(7-9-20)12-15-30-14-3-17-33-27(28(34)35)24-11-10-21-18-31-16-13-23(21)26(24)32-33/h1-2,4-9,13,16,18,30H,3,10-12,14-15,17H2,(H,34,35). The number of pyridine rings is 1. The van der Waals surface area contributed by atoms with Gasteiger partial charge in [-0.05, 0) is 67.6 Å². The minimum absolute atomic E-state index is 0.320. The highest BCUT2D eigenvalue weighted by Gasteiger charge is 2.27. The number of hydrogen-bond donors (Lipinski definition) is 2. The molecule has 0 saturated heterocycles. The quantitative estimate of drug-likeness (QED) is 0.314. The second-order valence-electron chi connectivity index (χ2n) is 8.77. The zero-order chi connectivity index (χ0) is 24.2. The van der Waals surface area contributed by atoms with Gasteiger partial charge in [0.1, 0.15) is 5.69 Å². The Hall–Kier alpha value is -3.48. The number of aryl methyl sites for hydroxylation is 2. The van der Waals surface area contributed by atoms with Gasteiger partial charge >= 0.3 is 5.97 Å². The minimum atomic E-state index is -0.913. The van der Waals surface area contributed by atoms with Crippen molar-refractivity contribution in [2.24, 2.45) is 0 Å². The van der Waals surface area contributed by atoms with Crippen LogP contribution >= 0.6 is 11.6 Å². The fourth-order valence-corrected chi connectivity index (χ4v) is 4.97. The summed E-state index contributed by atoms with van der Waals surface area (Å²) in [7, 11) is 0. The van der Waals surface area contributed by atoms with E-state index in [1.165, 1.54) is 5.56 Å². The third-order valence-corrected chi connectivity index (χ3v) is 6.84. The van der Waals surface area contributed by atoms with Crippen molar-refractivity contribution in [2.75, 3.05) is 13.1 Å². The van der Waals surface area contributed by atoms with Gasteiger partial charge in [-0.15, -0.1) is 0 Å². The molecular weight excluding hydrogens is 460 g/mol. The Morgan fingerprint density at radius 1 is 1.03 bits per heavy atom. The number of aromatic nitrogens is 3. The molecule has 0 saturated carbocycles. The van der Waals surface area contributed by atoms with Crippen LogP contribution in [0.4, 0.5) is 0 Å². The first-order valence-electron chi connectivity index (χ1n) is 11.9. The second kappa shape index (κ2) is 10.4. The molecule has 2 aromatic carbocycles. The lowest BCUT2D eigenvalue weighted by atomic mass is 9.90. The van der Waals surface area contributed by atoms with Gasteiger partial charge in [0.25, 0.3) is 0 Å². The third-order valence-electron chi connectivity index (χ3n) is 6.51. The molecule has 1 aliphatic carbocycles. The molecule has 35 heavy (non-hydrogen) atoms. The fourth-order valence-electron chi connectivity index (χ4n) is 4.73. The first-order valence-corrected chi connectivity index (χ1v) is 12.3. The Kier molecular flexibility index (Phi) is 6.93. The van der Waals surface area contributed by atoms with Crippen molar-refractivity contribution >= 4 is 17.6 Å². The average molecular weight is 487 g/mol. The second-order valence-corrected chi connectivity index (χ2v) is 9.17. The number of carboxylic acids is 1. The van der Waals surface area contributed by atoms with Gasteiger partial charge in [0.2, 0.25) is 0 Å². The average Bonchev–Trinajstić information content (AvgIpc) is 3.26. The molecule has 2 N–H and O–H groups in total. The third kappa shape index (κ3) is 4.99.